The Bertz CT molecular complexity index is 1100. The Labute approximate surface area is 154 Å². The van der Waals surface area contributed by atoms with Crippen molar-refractivity contribution in [2.45, 2.75) is 13.5 Å². The minimum absolute atomic E-state index is 0.152. The smallest absolute Gasteiger partial charge is 0.229 e. The van der Waals surface area contributed by atoms with E-state index in [1.807, 2.05) is 23.6 Å². The Morgan fingerprint density at radius 1 is 1.15 bits per heavy atom. The predicted octanol–water partition coefficient (Wildman–Crippen LogP) is 3.80. The van der Waals surface area contributed by atoms with Gasteiger partial charge in [0.1, 0.15) is 11.3 Å². The van der Waals surface area contributed by atoms with Crippen LogP contribution in [0.2, 0.25) is 0 Å². The van der Waals surface area contributed by atoms with Crippen LogP contribution in [0.1, 0.15) is 6.92 Å². The Morgan fingerprint density at radius 3 is 2.70 bits per heavy atom. The molecular weight excluding hydrogens is 347 g/mol. The van der Waals surface area contributed by atoms with Crippen LogP contribution in [-0.4, -0.2) is 31.6 Å². The van der Waals surface area contributed by atoms with Crippen LogP contribution in [0, 0.1) is 5.82 Å². The molecule has 0 aliphatic heterocycles. The van der Waals surface area contributed by atoms with Gasteiger partial charge in [0.05, 0.1) is 13.3 Å². The van der Waals surface area contributed by atoms with Crippen LogP contribution in [0.5, 0.6) is 5.75 Å². The van der Waals surface area contributed by atoms with Crippen molar-refractivity contribution in [1.82, 2.24) is 24.5 Å². The van der Waals surface area contributed by atoms with Crippen LogP contribution in [0.25, 0.3) is 22.6 Å². The molecular formula is C19H17FN6O. The normalized spacial score (nSPS) is 10.9. The predicted molar refractivity (Wildman–Crippen MR) is 100 cm³/mol. The lowest BCUT2D eigenvalue weighted by Gasteiger charge is -2.08. The minimum Gasteiger partial charge on any atom is -0.494 e. The number of methoxy groups -OCH3 is 1. The molecule has 0 saturated carbocycles. The highest BCUT2D eigenvalue weighted by Crippen LogP contribution is 2.26. The molecule has 136 valence electrons. The molecule has 0 saturated heterocycles. The lowest BCUT2D eigenvalue weighted by atomic mass is 10.2. The molecule has 1 aromatic carbocycles. The fourth-order valence-electron chi connectivity index (χ4n) is 2.87. The second-order valence-corrected chi connectivity index (χ2v) is 5.79. The highest BCUT2D eigenvalue weighted by Gasteiger charge is 2.14. The van der Waals surface area contributed by atoms with E-state index in [2.05, 4.69) is 25.3 Å². The van der Waals surface area contributed by atoms with Gasteiger partial charge < -0.3 is 14.6 Å². The summed E-state index contributed by atoms with van der Waals surface area (Å²) in [5.74, 6) is 0.932. The average molecular weight is 364 g/mol. The molecule has 1 N–H and O–H groups in total. The number of aromatic nitrogens is 5. The lowest BCUT2D eigenvalue weighted by molar-refractivity contribution is 0.387. The number of aryl methyl sites for hydroxylation is 1. The van der Waals surface area contributed by atoms with Crippen LogP contribution in [0.4, 0.5) is 16.0 Å². The van der Waals surface area contributed by atoms with Crippen molar-refractivity contribution in [3.05, 3.63) is 54.7 Å². The minimum atomic E-state index is -0.425. The van der Waals surface area contributed by atoms with Gasteiger partial charge in [-0.05, 0) is 31.2 Å². The highest BCUT2D eigenvalue weighted by molar-refractivity contribution is 5.77. The molecule has 4 rings (SSSR count). The number of pyridine rings is 1. The molecule has 27 heavy (non-hydrogen) atoms. The SMILES string of the molecule is CCn1c(-c2ccncc2)nc2cnc(Nc3ccc(F)c(OC)c3)nc21. The summed E-state index contributed by atoms with van der Waals surface area (Å²) in [5.41, 5.74) is 3.01. The molecule has 0 radical (unpaired) electrons. The topological polar surface area (TPSA) is 77.8 Å². The number of nitrogens with one attached hydrogen (secondary N) is 1. The summed E-state index contributed by atoms with van der Waals surface area (Å²) >= 11 is 0. The molecule has 4 aromatic rings. The maximum Gasteiger partial charge on any atom is 0.229 e. The number of hydrogen-bond acceptors (Lipinski definition) is 6. The molecule has 0 amide bonds. The van der Waals surface area contributed by atoms with E-state index in [-0.39, 0.29) is 5.75 Å². The molecule has 0 fully saturated rings. The molecule has 7 nitrogen and oxygen atoms in total. The van der Waals surface area contributed by atoms with E-state index in [0.29, 0.717) is 23.7 Å². The van der Waals surface area contributed by atoms with Crippen LogP contribution >= 0.6 is 0 Å². The van der Waals surface area contributed by atoms with Gasteiger partial charge in [-0.15, -0.1) is 0 Å². The first-order chi connectivity index (χ1) is 13.2. The maximum atomic E-state index is 13.6. The fourth-order valence-corrected chi connectivity index (χ4v) is 2.87. The highest BCUT2D eigenvalue weighted by atomic mass is 19.1. The lowest BCUT2D eigenvalue weighted by Crippen LogP contribution is -2.02. The first-order valence-electron chi connectivity index (χ1n) is 8.44. The standard InChI is InChI=1S/C19H17FN6O/c1-3-26-17(12-6-8-21-9-7-12)24-15-11-22-19(25-18(15)26)23-13-4-5-14(20)16(10-13)27-2/h4-11H,3H2,1-2H3,(H,22,23,25). The molecule has 0 aliphatic rings. The summed E-state index contributed by atoms with van der Waals surface area (Å²) in [6.07, 6.45) is 5.13. The van der Waals surface area contributed by atoms with Crippen molar-refractivity contribution in [1.29, 1.82) is 0 Å². The Balaban J connectivity index is 1.74. The molecule has 0 aliphatic carbocycles. The van der Waals surface area contributed by atoms with Gasteiger partial charge in [-0.2, -0.15) is 4.98 Å². The van der Waals surface area contributed by atoms with Gasteiger partial charge in [-0.3, -0.25) is 4.98 Å². The Morgan fingerprint density at radius 2 is 1.96 bits per heavy atom. The van der Waals surface area contributed by atoms with Crippen molar-refractivity contribution in [2.75, 3.05) is 12.4 Å². The third kappa shape index (κ3) is 3.17. The number of halogens is 1. The number of fused-ring (bicyclic) bond motifs is 1. The number of hydrogen-bond donors (Lipinski definition) is 1. The first kappa shape index (κ1) is 16.9. The Kier molecular flexibility index (Phi) is 4.37. The van der Waals surface area contributed by atoms with E-state index < -0.39 is 5.82 Å². The first-order valence-corrected chi connectivity index (χ1v) is 8.44. The summed E-state index contributed by atoms with van der Waals surface area (Å²) in [5, 5.41) is 3.08. The van der Waals surface area contributed by atoms with E-state index in [9.17, 15) is 4.39 Å². The van der Waals surface area contributed by atoms with E-state index in [0.717, 1.165) is 17.0 Å². The number of benzene rings is 1. The van der Waals surface area contributed by atoms with Gasteiger partial charge in [0.2, 0.25) is 5.95 Å². The zero-order chi connectivity index (χ0) is 18.8. The molecule has 0 atom stereocenters. The molecule has 0 unspecified atom stereocenters. The number of imidazole rings is 1. The van der Waals surface area contributed by atoms with Crippen LogP contribution in [0.15, 0.2) is 48.9 Å². The molecule has 8 heteroatoms. The number of ether oxygens (including phenoxy) is 1. The van der Waals surface area contributed by atoms with Gasteiger partial charge in [0.25, 0.3) is 0 Å². The zero-order valence-electron chi connectivity index (χ0n) is 14.8. The van der Waals surface area contributed by atoms with Crippen molar-refractivity contribution < 1.29 is 9.13 Å². The van der Waals surface area contributed by atoms with Crippen LogP contribution in [0.3, 0.4) is 0 Å². The molecule has 3 aromatic heterocycles. The fraction of sp³-hybridized carbons (Fsp3) is 0.158. The van der Waals surface area contributed by atoms with Crippen LogP contribution in [-0.2, 0) is 6.54 Å². The van der Waals surface area contributed by atoms with Crippen molar-refractivity contribution >= 4 is 22.8 Å². The second kappa shape index (κ2) is 6.99. The van der Waals surface area contributed by atoms with Gasteiger partial charge >= 0.3 is 0 Å². The maximum absolute atomic E-state index is 13.6. The van der Waals surface area contributed by atoms with E-state index >= 15 is 0 Å². The van der Waals surface area contributed by atoms with Gasteiger partial charge in [-0.25, -0.2) is 14.4 Å². The van der Waals surface area contributed by atoms with E-state index in [1.165, 1.54) is 13.2 Å². The summed E-state index contributed by atoms with van der Waals surface area (Å²) in [4.78, 5) is 17.6. The number of anilines is 2. The van der Waals surface area contributed by atoms with E-state index in [4.69, 9.17) is 4.74 Å². The number of nitrogens with zero attached hydrogens (tertiary/aromatic N) is 5. The zero-order valence-corrected chi connectivity index (χ0v) is 14.8. The molecule has 0 spiro atoms. The van der Waals surface area contributed by atoms with Gasteiger partial charge in [0.15, 0.2) is 17.2 Å². The van der Waals surface area contributed by atoms with Gasteiger partial charge in [0, 0.05) is 36.3 Å². The average Bonchev–Trinajstić information content (AvgIpc) is 3.08. The summed E-state index contributed by atoms with van der Waals surface area (Å²) in [6.45, 7) is 2.74. The second-order valence-electron chi connectivity index (χ2n) is 5.79. The molecule has 3 heterocycles. The number of rotatable bonds is 5. The Hall–Kier alpha value is -3.55. The summed E-state index contributed by atoms with van der Waals surface area (Å²) in [7, 11) is 1.42. The van der Waals surface area contributed by atoms with Crippen molar-refractivity contribution in [3.63, 3.8) is 0 Å². The van der Waals surface area contributed by atoms with Crippen molar-refractivity contribution in [3.8, 4) is 17.1 Å². The third-order valence-electron chi connectivity index (χ3n) is 4.15. The summed E-state index contributed by atoms with van der Waals surface area (Å²) in [6, 6.07) is 8.31. The van der Waals surface area contributed by atoms with Gasteiger partial charge in [-0.1, -0.05) is 0 Å². The quantitative estimate of drug-likeness (QED) is 0.580. The van der Waals surface area contributed by atoms with Crippen LogP contribution < -0.4 is 10.1 Å². The molecule has 0 bridgehead atoms. The largest absolute Gasteiger partial charge is 0.494 e. The van der Waals surface area contributed by atoms with E-state index in [1.54, 1.807) is 30.7 Å². The summed E-state index contributed by atoms with van der Waals surface area (Å²) < 4.78 is 20.6. The monoisotopic (exact) mass is 364 g/mol. The van der Waals surface area contributed by atoms with Crippen molar-refractivity contribution in [2.24, 2.45) is 0 Å². The third-order valence-corrected chi connectivity index (χ3v) is 4.15.